The Morgan fingerprint density at radius 1 is 1.13 bits per heavy atom. The molecule has 2 aromatic carbocycles. The normalized spacial score (nSPS) is 10.6. The smallest absolute Gasteiger partial charge is 0.338 e. The first-order chi connectivity index (χ1) is 14.5. The van der Waals surface area contributed by atoms with Crippen LogP contribution in [0.15, 0.2) is 53.7 Å². The lowest BCUT2D eigenvalue weighted by Crippen LogP contribution is -2.15. The largest absolute Gasteiger partial charge is 0.462 e. The molecule has 30 heavy (non-hydrogen) atoms. The molecule has 9 heteroatoms. The molecule has 156 valence electrons. The second-order valence-electron chi connectivity index (χ2n) is 6.17. The Hall–Kier alpha value is -2.84. The Morgan fingerprint density at radius 3 is 2.60 bits per heavy atom. The highest BCUT2D eigenvalue weighted by molar-refractivity contribution is 7.99. The second-order valence-corrected chi connectivity index (χ2v) is 7.52. The lowest BCUT2D eigenvalue weighted by Gasteiger charge is -2.10. The van der Waals surface area contributed by atoms with E-state index < -0.39 is 5.97 Å². The molecule has 0 aliphatic heterocycles. The van der Waals surface area contributed by atoms with Crippen molar-refractivity contribution in [2.45, 2.75) is 25.5 Å². The third-order valence-electron chi connectivity index (χ3n) is 4.15. The van der Waals surface area contributed by atoms with Crippen molar-refractivity contribution in [3.8, 4) is 11.4 Å². The minimum Gasteiger partial charge on any atom is -0.462 e. The molecule has 0 spiro atoms. The topological polar surface area (TPSA) is 86.1 Å². The first kappa shape index (κ1) is 21.9. The maximum Gasteiger partial charge on any atom is 0.338 e. The van der Waals surface area contributed by atoms with E-state index in [9.17, 15) is 9.59 Å². The van der Waals surface area contributed by atoms with Gasteiger partial charge in [-0.25, -0.2) is 4.79 Å². The summed E-state index contributed by atoms with van der Waals surface area (Å²) in [6, 6.07) is 14.4. The van der Waals surface area contributed by atoms with Crippen LogP contribution in [0.3, 0.4) is 0 Å². The number of rotatable bonds is 8. The summed E-state index contributed by atoms with van der Waals surface area (Å²) >= 11 is 7.44. The van der Waals surface area contributed by atoms with E-state index in [1.165, 1.54) is 17.8 Å². The lowest BCUT2D eigenvalue weighted by atomic mass is 10.2. The monoisotopic (exact) mass is 444 g/mol. The summed E-state index contributed by atoms with van der Waals surface area (Å²) in [5.41, 5.74) is 1.64. The van der Waals surface area contributed by atoms with Gasteiger partial charge in [0.25, 0.3) is 0 Å². The molecule has 0 unspecified atom stereocenters. The third kappa shape index (κ3) is 5.20. The number of halogens is 1. The molecule has 3 rings (SSSR count). The Kier molecular flexibility index (Phi) is 7.48. The van der Waals surface area contributed by atoms with E-state index >= 15 is 0 Å². The Morgan fingerprint density at radius 2 is 1.90 bits per heavy atom. The quantitative estimate of drug-likeness (QED) is 0.406. The van der Waals surface area contributed by atoms with Crippen molar-refractivity contribution in [1.82, 2.24) is 14.8 Å². The van der Waals surface area contributed by atoms with Crippen molar-refractivity contribution in [3.63, 3.8) is 0 Å². The van der Waals surface area contributed by atoms with Gasteiger partial charge in [0.15, 0.2) is 11.0 Å². The first-order valence-electron chi connectivity index (χ1n) is 9.41. The number of amides is 1. The van der Waals surface area contributed by atoms with Crippen LogP contribution in [0.4, 0.5) is 5.69 Å². The van der Waals surface area contributed by atoms with Crippen molar-refractivity contribution < 1.29 is 14.3 Å². The van der Waals surface area contributed by atoms with Crippen LogP contribution < -0.4 is 5.32 Å². The van der Waals surface area contributed by atoms with Crippen LogP contribution in [-0.4, -0.2) is 39.0 Å². The zero-order valence-corrected chi connectivity index (χ0v) is 18.2. The van der Waals surface area contributed by atoms with Gasteiger partial charge in [-0.3, -0.25) is 4.79 Å². The molecule has 0 bridgehead atoms. The van der Waals surface area contributed by atoms with Crippen molar-refractivity contribution in [1.29, 1.82) is 0 Å². The van der Waals surface area contributed by atoms with Crippen molar-refractivity contribution in [3.05, 3.63) is 59.1 Å². The molecule has 1 amide bonds. The van der Waals surface area contributed by atoms with E-state index in [1.807, 2.05) is 41.8 Å². The average Bonchev–Trinajstić information content (AvgIpc) is 3.17. The highest BCUT2D eigenvalue weighted by atomic mass is 35.5. The molecule has 1 N–H and O–H groups in total. The minimum atomic E-state index is -0.469. The highest BCUT2D eigenvalue weighted by Crippen LogP contribution is 2.26. The van der Waals surface area contributed by atoms with Gasteiger partial charge in [0.1, 0.15) is 0 Å². The Bertz CT molecular complexity index is 1040. The van der Waals surface area contributed by atoms with Gasteiger partial charge in [-0.05, 0) is 32.0 Å². The number of esters is 1. The molecule has 0 aliphatic rings. The fourth-order valence-electron chi connectivity index (χ4n) is 2.76. The second kappa shape index (κ2) is 10.3. The van der Waals surface area contributed by atoms with Crippen LogP contribution in [0, 0.1) is 0 Å². The number of nitrogens with one attached hydrogen (secondary N) is 1. The van der Waals surface area contributed by atoms with Gasteiger partial charge in [0.05, 0.1) is 28.6 Å². The molecule has 0 fully saturated rings. The SMILES string of the molecule is CCOC(=O)c1ccc(Cl)c(NC(=O)CSc2nnc(-c3ccccc3)n2CC)c1. The van der Waals surface area contributed by atoms with E-state index in [1.54, 1.807) is 19.1 Å². The standard InChI is InChI=1S/C21H21ClN4O3S/c1-3-26-19(14-8-6-5-7-9-14)24-25-21(26)30-13-18(27)23-17-12-15(10-11-16(17)22)20(28)29-4-2/h5-12H,3-4,13H2,1-2H3,(H,23,27). The van der Waals surface area contributed by atoms with E-state index in [2.05, 4.69) is 15.5 Å². The maximum atomic E-state index is 12.5. The van der Waals surface area contributed by atoms with Gasteiger partial charge in [0.2, 0.25) is 5.91 Å². The van der Waals surface area contributed by atoms with Gasteiger partial charge >= 0.3 is 5.97 Å². The summed E-state index contributed by atoms with van der Waals surface area (Å²) in [6.07, 6.45) is 0. The molecule has 7 nitrogen and oxygen atoms in total. The number of thioether (sulfide) groups is 1. The molecule has 0 saturated carbocycles. The molecule has 0 atom stereocenters. The summed E-state index contributed by atoms with van der Waals surface area (Å²) in [5.74, 6) is 0.136. The summed E-state index contributed by atoms with van der Waals surface area (Å²) in [7, 11) is 0. The molecule has 1 heterocycles. The summed E-state index contributed by atoms with van der Waals surface area (Å²) < 4.78 is 6.94. The third-order valence-corrected chi connectivity index (χ3v) is 5.45. The van der Waals surface area contributed by atoms with Crippen LogP contribution in [0.2, 0.25) is 5.02 Å². The fourth-order valence-corrected chi connectivity index (χ4v) is 3.73. The molecule has 1 aromatic heterocycles. The maximum absolute atomic E-state index is 12.5. The number of hydrogen-bond acceptors (Lipinski definition) is 6. The number of ether oxygens (including phenoxy) is 1. The average molecular weight is 445 g/mol. The van der Waals surface area contributed by atoms with Crippen LogP contribution in [-0.2, 0) is 16.1 Å². The number of aromatic nitrogens is 3. The van der Waals surface area contributed by atoms with Gasteiger partial charge in [-0.2, -0.15) is 0 Å². The predicted octanol–water partition coefficient (Wildman–Crippen LogP) is 4.53. The fraction of sp³-hybridized carbons (Fsp3) is 0.238. The van der Waals surface area contributed by atoms with Crippen LogP contribution in [0.1, 0.15) is 24.2 Å². The van der Waals surface area contributed by atoms with Gasteiger partial charge in [0, 0.05) is 12.1 Å². The molecule has 3 aromatic rings. The number of carbonyl (C=O) groups excluding carboxylic acids is 2. The number of anilines is 1. The first-order valence-corrected chi connectivity index (χ1v) is 10.8. The molecule has 0 radical (unpaired) electrons. The summed E-state index contributed by atoms with van der Waals surface area (Å²) in [6.45, 7) is 4.67. The zero-order valence-electron chi connectivity index (χ0n) is 16.6. The molecular weight excluding hydrogens is 424 g/mol. The number of carbonyl (C=O) groups is 2. The van der Waals surface area contributed by atoms with E-state index in [-0.39, 0.29) is 18.3 Å². The van der Waals surface area contributed by atoms with Gasteiger partial charge < -0.3 is 14.6 Å². The van der Waals surface area contributed by atoms with Crippen molar-refractivity contribution in [2.24, 2.45) is 0 Å². The number of benzene rings is 2. The van der Waals surface area contributed by atoms with Gasteiger partial charge in [-0.15, -0.1) is 10.2 Å². The number of hydrogen-bond donors (Lipinski definition) is 1. The molecule has 0 saturated heterocycles. The van der Waals surface area contributed by atoms with Crippen molar-refractivity contribution in [2.75, 3.05) is 17.7 Å². The lowest BCUT2D eigenvalue weighted by molar-refractivity contribution is -0.113. The Balaban J connectivity index is 1.68. The van der Waals surface area contributed by atoms with E-state index in [0.29, 0.717) is 28.0 Å². The van der Waals surface area contributed by atoms with Crippen LogP contribution in [0.5, 0.6) is 0 Å². The van der Waals surface area contributed by atoms with Crippen LogP contribution in [0.25, 0.3) is 11.4 Å². The number of nitrogens with zero attached hydrogens (tertiary/aromatic N) is 3. The zero-order chi connectivity index (χ0) is 21.5. The minimum absolute atomic E-state index is 0.118. The van der Waals surface area contributed by atoms with Gasteiger partial charge in [-0.1, -0.05) is 53.7 Å². The molecular formula is C21H21ClN4O3S. The van der Waals surface area contributed by atoms with Crippen LogP contribution >= 0.6 is 23.4 Å². The molecule has 0 aliphatic carbocycles. The Labute approximate surface area is 183 Å². The predicted molar refractivity (Wildman–Crippen MR) is 118 cm³/mol. The van der Waals surface area contributed by atoms with E-state index in [4.69, 9.17) is 16.3 Å². The summed E-state index contributed by atoms with van der Waals surface area (Å²) in [5, 5.41) is 12.2. The van der Waals surface area contributed by atoms with Crippen molar-refractivity contribution >= 4 is 40.9 Å². The summed E-state index contributed by atoms with van der Waals surface area (Å²) in [4.78, 5) is 24.4. The van der Waals surface area contributed by atoms with E-state index in [0.717, 1.165) is 11.4 Å². The highest BCUT2D eigenvalue weighted by Gasteiger charge is 2.16.